The number of anilines is 1. The number of aromatic amines is 1. The normalized spacial score (nSPS) is 11.2. The van der Waals surface area contributed by atoms with Gasteiger partial charge in [0.15, 0.2) is 5.76 Å². The molecular formula is C20H15N5O2S. The zero-order valence-electron chi connectivity index (χ0n) is 14.8. The Bertz CT molecular complexity index is 1250. The molecule has 0 aliphatic heterocycles. The number of aryl methyl sites for hydroxylation is 1. The van der Waals surface area contributed by atoms with E-state index in [-0.39, 0.29) is 5.91 Å². The Hall–Kier alpha value is -3.65. The Morgan fingerprint density at radius 1 is 1.21 bits per heavy atom. The third-order valence-corrected chi connectivity index (χ3v) is 5.11. The summed E-state index contributed by atoms with van der Waals surface area (Å²) in [5.74, 6) is 1.01. The lowest BCUT2D eigenvalue weighted by Crippen LogP contribution is -2.15. The molecule has 1 aromatic carbocycles. The fourth-order valence-electron chi connectivity index (χ4n) is 3.01. The highest BCUT2D eigenvalue weighted by atomic mass is 32.1. The quantitative estimate of drug-likeness (QED) is 0.469. The zero-order valence-corrected chi connectivity index (χ0v) is 15.7. The van der Waals surface area contributed by atoms with Gasteiger partial charge in [0.25, 0.3) is 5.91 Å². The second-order valence-corrected chi connectivity index (χ2v) is 7.14. The lowest BCUT2D eigenvalue weighted by atomic mass is 10.2. The van der Waals surface area contributed by atoms with Crippen LogP contribution in [0.15, 0.2) is 64.6 Å². The first-order chi connectivity index (χ1) is 13.7. The van der Waals surface area contributed by atoms with Crippen LogP contribution in [0.1, 0.15) is 16.2 Å². The number of rotatable bonds is 4. The lowest BCUT2D eigenvalue weighted by molar-refractivity contribution is 0.102. The Morgan fingerprint density at radius 3 is 2.93 bits per heavy atom. The number of thiazole rings is 1. The molecule has 0 spiro atoms. The molecule has 1 amide bonds. The van der Waals surface area contributed by atoms with E-state index in [4.69, 9.17) is 4.42 Å². The second-order valence-electron chi connectivity index (χ2n) is 6.30. The van der Waals surface area contributed by atoms with Crippen molar-refractivity contribution in [3.8, 4) is 16.6 Å². The summed E-state index contributed by atoms with van der Waals surface area (Å²) in [5.41, 5.74) is 2.91. The summed E-state index contributed by atoms with van der Waals surface area (Å²) in [5, 5.41) is 10.9. The molecule has 2 N–H and O–H groups in total. The predicted molar refractivity (Wildman–Crippen MR) is 108 cm³/mol. The van der Waals surface area contributed by atoms with Gasteiger partial charge in [0.05, 0.1) is 12.0 Å². The van der Waals surface area contributed by atoms with E-state index in [9.17, 15) is 4.79 Å². The van der Waals surface area contributed by atoms with Crippen LogP contribution in [0.25, 0.3) is 27.5 Å². The number of furan rings is 1. The molecule has 0 fully saturated rings. The number of para-hydroxylation sites is 1. The Labute approximate surface area is 163 Å². The van der Waals surface area contributed by atoms with Gasteiger partial charge in [-0.15, -0.1) is 11.3 Å². The maximum absolute atomic E-state index is 12.8. The van der Waals surface area contributed by atoms with E-state index in [1.165, 1.54) is 11.3 Å². The second kappa shape index (κ2) is 6.50. The SMILES string of the molecule is Cc1cc(NC(=O)c2cc3ccccc3[nH]2)n(-c2nc(-c3ccco3)cs2)n1. The van der Waals surface area contributed by atoms with Crippen LogP contribution >= 0.6 is 11.3 Å². The van der Waals surface area contributed by atoms with Gasteiger partial charge in [0.1, 0.15) is 17.2 Å². The number of H-pyrrole nitrogens is 1. The van der Waals surface area contributed by atoms with Crippen LogP contribution in [0.5, 0.6) is 0 Å². The number of carbonyl (C=O) groups excluding carboxylic acids is 1. The number of aromatic nitrogens is 4. The summed E-state index contributed by atoms with van der Waals surface area (Å²) in [6.45, 7) is 1.87. The predicted octanol–water partition coefficient (Wildman–Crippen LogP) is 4.63. The molecule has 5 rings (SSSR count). The summed E-state index contributed by atoms with van der Waals surface area (Å²) in [7, 11) is 0. The number of hydrogen-bond acceptors (Lipinski definition) is 5. The highest BCUT2D eigenvalue weighted by molar-refractivity contribution is 7.12. The van der Waals surface area contributed by atoms with Gasteiger partial charge >= 0.3 is 0 Å². The third-order valence-electron chi connectivity index (χ3n) is 4.29. The van der Waals surface area contributed by atoms with E-state index < -0.39 is 0 Å². The monoisotopic (exact) mass is 389 g/mol. The smallest absolute Gasteiger partial charge is 0.273 e. The van der Waals surface area contributed by atoms with Crippen molar-refractivity contribution < 1.29 is 9.21 Å². The zero-order chi connectivity index (χ0) is 19.1. The van der Waals surface area contributed by atoms with E-state index in [0.29, 0.717) is 22.4 Å². The standard InChI is InChI=1S/C20H15N5O2S/c1-12-9-18(23-19(26)15-10-13-5-2-3-6-14(13)21-15)25(24-12)20-22-16(11-28-20)17-7-4-8-27-17/h2-11,21H,1H3,(H,23,26). The van der Waals surface area contributed by atoms with Crippen molar-refractivity contribution in [1.82, 2.24) is 19.7 Å². The molecule has 0 unspecified atom stereocenters. The number of benzene rings is 1. The summed E-state index contributed by atoms with van der Waals surface area (Å²) >= 11 is 1.43. The lowest BCUT2D eigenvalue weighted by Gasteiger charge is -2.05. The average Bonchev–Trinajstić information content (AvgIpc) is 3.47. The first kappa shape index (κ1) is 16.5. The van der Waals surface area contributed by atoms with Crippen molar-refractivity contribution in [2.24, 2.45) is 0 Å². The fourth-order valence-corrected chi connectivity index (χ4v) is 3.79. The Kier molecular flexibility index (Phi) is 3.84. The van der Waals surface area contributed by atoms with Crippen LogP contribution < -0.4 is 5.32 Å². The van der Waals surface area contributed by atoms with E-state index in [2.05, 4.69) is 20.4 Å². The minimum Gasteiger partial charge on any atom is -0.463 e. The van der Waals surface area contributed by atoms with Gasteiger partial charge < -0.3 is 14.7 Å². The van der Waals surface area contributed by atoms with Crippen LogP contribution in [-0.2, 0) is 0 Å². The fraction of sp³-hybridized carbons (Fsp3) is 0.0500. The van der Waals surface area contributed by atoms with E-state index in [0.717, 1.165) is 22.3 Å². The first-order valence-electron chi connectivity index (χ1n) is 8.63. The van der Waals surface area contributed by atoms with Crippen LogP contribution in [0, 0.1) is 6.92 Å². The summed E-state index contributed by atoms with van der Waals surface area (Å²) in [6, 6.07) is 15.1. The molecule has 28 heavy (non-hydrogen) atoms. The molecule has 0 saturated carbocycles. The molecule has 4 heterocycles. The van der Waals surface area contributed by atoms with E-state index >= 15 is 0 Å². The number of hydrogen-bond donors (Lipinski definition) is 2. The summed E-state index contributed by atoms with van der Waals surface area (Å²) < 4.78 is 7.03. The van der Waals surface area contributed by atoms with Gasteiger partial charge in [-0.05, 0) is 31.2 Å². The van der Waals surface area contributed by atoms with Crippen molar-refractivity contribution in [2.75, 3.05) is 5.32 Å². The number of nitrogens with zero attached hydrogens (tertiary/aromatic N) is 3. The van der Waals surface area contributed by atoms with Gasteiger partial charge in [-0.25, -0.2) is 4.98 Å². The molecular weight excluding hydrogens is 374 g/mol. The molecule has 8 heteroatoms. The van der Waals surface area contributed by atoms with Gasteiger partial charge in [0.2, 0.25) is 5.13 Å². The first-order valence-corrected chi connectivity index (χ1v) is 9.51. The number of nitrogens with one attached hydrogen (secondary N) is 2. The largest absolute Gasteiger partial charge is 0.463 e. The molecule has 0 aliphatic carbocycles. The Balaban J connectivity index is 1.46. The Morgan fingerprint density at radius 2 is 2.11 bits per heavy atom. The molecule has 7 nitrogen and oxygen atoms in total. The third kappa shape index (κ3) is 2.89. The molecule has 0 bridgehead atoms. The van der Waals surface area contributed by atoms with Crippen LogP contribution in [0.3, 0.4) is 0 Å². The van der Waals surface area contributed by atoms with Gasteiger partial charge in [-0.1, -0.05) is 18.2 Å². The van der Waals surface area contributed by atoms with Crippen molar-refractivity contribution in [3.05, 3.63) is 71.6 Å². The van der Waals surface area contributed by atoms with Crippen LogP contribution in [0.2, 0.25) is 0 Å². The molecule has 0 radical (unpaired) electrons. The molecule has 4 aromatic heterocycles. The summed E-state index contributed by atoms with van der Waals surface area (Å²) in [4.78, 5) is 20.5. The topological polar surface area (TPSA) is 88.7 Å². The van der Waals surface area contributed by atoms with Gasteiger partial charge in [-0.2, -0.15) is 9.78 Å². The van der Waals surface area contributed by atoms with E-state index in [1.54, 1.807) is 10.9 Å². The molecule has 0 saturated heterocycles. The van der Waals surface area contributed by atoms with Gasteiger partial charge in [0, 0.05) is 22.3 Å². The van der Waals surface area contributed by atoms with Crippen molar-refractivity contribution in [2.45, 2.75) is 6.92 Å². The van der Waals surface area contributed by atoms with Crippen molar-refractivity contribution in [1.29, 1.82) is 0 Å². The maximum Gasteiger partial charge on any atom is 0.273 e. The molecule has 5 aromatic rings. The average molecular weight is 389 g/mol. The van der Waals surface area contributed by atoms with E-state index in [1.807, 2.05) is 60.8 Å². The summed E-state index contributed by atoms with van der Waals surface area (Å²) in [6.07, 6.45) is 1.61. The minimum absolute atomic E-state index is 0.236. The highest BCUT2D eigenvalue weighted by Crippen LogP contribution is 2.27. The molecule has 0 aliphatic rings. The van der Waals surface area contributed by atoms with Gasteiger partial charge in [-0.3, -0.25) is 4.79 Å². The highest BCUT2D eigenvalue weighted by Gasteiger charge is 2.17. The van der Waals surface area contributed by atoms with Crippen molar-refractivity contribution >= 4 is 34.0 Å². The van der Waals surface area contributed by atoms with Crippen LogP contribution in [-0.4, -0.2) is 25.7 Å². The molecule has 138 valence electrons. The minimum atomic E-state index is -0.236. The maximum atomic E-state index is 12.8. The number of carbonyl (C=O) groups is 1. The van der Waals surface area contributed by atoms with Crippen molar-refractivity contribution in [3.63, 3.8) is 0 Å². The number of amides is 1. The van der Waals surface area contributed by atoms with Crippen LogP contribution in [0.4, 0.5) is 5.82 Å². The molecule has 0 atom stereocenters. The number of fused-ring (bicyclic) bond motifs is 1.